The number of benzene rings is 1. The first-order valence-corrected chi connectivity index (χ1v) is 4.74. The smallest absolute Gasteiger partial charge is 0.173 e. The maximum Gasteiger partial charge on any atom is 0.173 e. The Morgan fingerprint density at radius 1 is 1.43 bits per heavy atom. The number of carbonyl (C=O) groups is 1. The molecule has 0 N–H and O–H groups in total. The second-order valence-electron chi connectivity index (χ2n) is 2.88. The molecule has 1 heterocycles. The molecule has 0 amide bonds. The van der Waals surface area contributed by atoms with E-state index in [1.54, 1.807) is 0 Å². The van der Waals surface area contributed by atoms with Gasteiger partial charge in [0, 0.05) is 12.5 Å². The second kappa shape index (κ2) is 3.31. The van der Waals surface area contributed by atoms with E-state index < -0.39 is 11.6 Å². The van der Waals surface area contributed by atoms with Crippen molar-refractivity contribution in [1.82, 2.24) is 0 Å². The van der Waals surface area contributed by atoms with Crippen LogP contribution in [-0.4, -0.2) is 12.4 Å². The van der Waals surface area contributed by atoms with Crippen LogP contribution in [0.5, 0.6) is 5.75 Å². The molecule has 0 spiro atoms. The zero-order chi connectivity index (χ0) is 10.3. The van der Waals surface area contributed by atoms with Crippen LogP contribution in [0.4, 0.5) is 8.78 Å². The molecule has 5 heteroatoms. The predicted molar refractivity (Wildman–Crippen MR) is 48.5 cm³/mol. The number of halogens is 3. The second-order valence-corrected chi connectivity index (χ2v) is 3.67. The highest BCUT2D eigenvalue weighted by atomic mass is 79.9. The number of ketones is 1. The number of hydrogen-bond acceptors (Lipinski definition) is 2. The van der Waals surface area contributed by atoms with Gasteiger partial charge < -0.3 is 4.74 Å². The van der Waals surface area contributed by atoms with Crippen LogP contribution >= 0.6 is 15.9 Å². The molecule has 2 nitrogen and oxygen atoms in total. The molecule has 2 rings (SSSR count). The Balaban J connectivity index is 2.70. The van der Waals surface area contributed by atoms with Crippen LogP contribution in [0.1, 0.15) is 16.8 Å². The number of Topliss-reactive ketones (excluding diaryl/α,β-unsaturated/α-hetero) is 1. The van der Waals surface area contributed by atoms with Crippen LogP contribution in [0.3, 0.4) is 0 Å². The average Bonchev–Trinajstić information content (AvgIpc) is 2.14. The fourth-order valence-electron chi connectivity index (χ4n) is 1.33. The SMILES string of the molecule is O=C1CCOc2cc(F)c(Br)c(F)c21. The minimum atomic E-state index is -0.885. The molecule has 0 bridgehead atoms. The Kier molecular flexibility index (Phi) is 2.26. The maximum atomic E-state index is 13.4. The summed E-state index contributed by atoms with van der Waals surface area (Å²) in [6.07, 6.45) is 0.127. The molecular formula is C9H5BrF2O2. The Morgan fingerprint density at radius 3 is 2.86 bits per heavy atom. The lowest BCUT2D eigenvalue weighted by Gasteiger charge is -2.17. The first-order valence-electron chi connectivity index (χ1n) is 3.94. The molecule has 1 aliphatic heterocycles. The van der Waals surface area contributed by atoms with E-state index in [9.17, 15) is 13.6 Å². The van der Waals surface area contributed by atoms with Gasteiger partial charge in [0.05, 0.1) is 16.6 Å². The standard InChI is InChI=1S/C9H5BrF2O2/c10-8-4(11)3-6-7(9(8)12)5(13)1-2-14-6/h3H,1-2H2. The molecule has 1 aromatic rings. The minimum absolute atomic E-state index is 0.0144. The number of carbonyl (C=O) groups excluding carboxylic acids is 1. The molecule has 0 aliphatic carbocycles. The Labute approximate surface area is 87.0 Å². The van der Waals surface area contributed by atoms with Crippen molar-refractivity contribution in [3.05, 3.63) is 27.7 Å². The zero-order valence-electron chi connectivity index (χ0n) is 6.94. The summed E-state index contributed by atoms with van der Waals surface area (Å²) in [6.45, 7) is 0.173. The first-order chi connectivity index (χ1) is 6.61. The molecule has 0 fully saturated rings. The molecule has 14 heavy (non-hydrogen) atoms. The molecule has 1 aliphatic rings. The fourth-order valence-corrected chi connectivity index (χ4v) is 1.64. The van der Waals surface area contributed by atoms with Gasteiger partial charge in [0.2, 0.25) is 0 Å². The summed E-state index contributed by atoms with van der Waals surface area (Å²) in [7, 11) is 0. The summed E-state index contributed by atoms with van der Waals surface area (Å²) in [5.74, 6) is -2.02. The zero-order valence-corrected chi connectivity index (χ0v) is 8.53. The van der Waals surface area contributed by atoms with E-state index in [4.69, 9.17) is 4.74 Å². The molecule has 74 valence electrons. The van der Waals surface area contributed by atoms with Gasteiger partial charge in [-0.05, 0) is 15.9 Å². The van der Waals surface area contributed by atoms with Crippen molar-refractivity contribution in [2.75, 3.05) is 6.61 Å². The van der Waals surface area contributed by atoms with Gasteiger partial charge in [-0.2, -0.15) is 0 Å². The third-order valence-corrected chi connectivity index (χ3v) is 2.72. The van der Waals surface area contributed by atoms with Crippen LogP contribution in [0, 0.1) is 11.6 Å². The van der Waals surface area contributed by atoms with E-state index in [-0.39, 0.29) is 34.6 Å². The lowest BCUT2D eigenvalue weighted by atomic mass is 10.0. The summed E-state index contributed by atoms with van der Waals surface area (Å²) < 4.78 is 31.1. The van der Waals surface area contributed by atoms with Crippen LogP contribution in [0.2, 0.25) is 0 Å². The van der Waals surface area contributed by atoms with Crippen LogP contribution < -0.4 is 4.74 Å². The van der Waals surface area contributed by atoms with Crippen molar-refractivity contribution in [3.63, 3.8) is 0 Å². The quantitative estimate of drug-likeness (QED) is 0.672. The van der Waals surface area contributed by atoms with Gasteiger partial charge >= 0.3 is 0 Å². The number of fused-ring (bicyclic) bond motifs is 1. The van der Waals surface area contributed by atoms with E-state index in [2.05, 4.69) is 15.9 Å². The third kappa shape index (κ3) is 1.32. The van der Waals surface area contributed by atoms with Crippen molar-refractivity contribution >= 4 is 21.7 Å². The molecule has 0 saturated carbocycles. The highest BCUT2D eigenvalue weighted by Crippen LogP contribution is 2.33. The molecule has 0 unspecified atom stereocenters. The average molecular weight is 263 g/mol. The highest BCUT2D eigenvalue weighted by molar-refractivity contribution is 9.10. The van der Waals surface area contributed by atoms with Crippen LogP contribution in [0.15, 0.2) is 10.5 Å². The number of rotatable bonds is 0. The van der Waals surface area contributed by atoms with E-state index in [1.165, 1.54) is 0 Å². The normalized spacial score (nSPS) is 14.9. The van der Waals surface area contributed by atoms with Gasteiger partial charge in [0.15, 0.2) is 11.6 Å². The Hall–Kier alpha value is -0.970. The predicted octanol–water partition coefficient (Wildman–Crippen LogP) is 2.69. The van der Waals surface area contributed by atoms with E-state index in [0.717, 1.165) is 6.07 Å². The molecule has 0 atom stereocenters. The van der Waals surface area contributed by atoms with Crippen LogP contribution in [0.25, 0.3) is 0 Å². The lowest BCUT2D eigenvalue weighted by Crippen LogP contribution is -2.17. The largest absolute Gasteiger partial charge is 0.492 e. The first kappa shape index (κ1) is 9.58. The maximum absolute atomic E-state index is 13.4. The molecule has 1 aromatic carbocycles. The van der Waals surface area contributed by atoms with Crippen LogP contribution in [-0.2, 0) is 0 Å². The van der Waals surface area contributed by atoms with Gasteiger partial charge in [-0.1, -0.05) is 0 Å². The fraction of sp³-hybridized carbons (Fsp3) is 0.222. The molecular weight excluding hydrogens is 258 g/mol. The van der Waals surface area contributed by atoms with E-state index in [0.29, 0.717) is 0 Å². The van der Waals surface area contributed by atoms with Gasteiger partial charge in [0.1, 0.15) is 11.6 Å². The third-order valence-electron chi connectivity index (χ3n) is 1.99. The molecule has 0 radical (unpaired) electrons. The number of ether oxygens (including phenoxy) is 1. The lowest BCUT2D eigenvalue weighted by molar-refractivity contribution is 0.0927. The van der Waals surface area contributed by atoms with Gasteiger partial charge in [0.25, 0.3) is 0 Å². The topological polar surface area (TPSA) is 26.3 Å². The Bertz CT molecular complexity index is 418. The summed E-state index contributed by atoms with van der Waals surface area (Å²) in [6, 6.07) is 1.01. The molecule has 0 aromatic heterocycles. The van der Waals surface area contributed by atoms with E-state index >= 15 is 0 Å². The summed E-state index contributed by atoms with van der Waals surface area (Å²) in [4.78, 5) is 11.3. The molecule has 0 saturated heterocycles. The van der Waals surface area contributed by atoms with Gasteiger partial charge in [-0.25, -0.2) is 8.78 Å². The van der Waals surface area contributed by atoms with Crippen molar-refractivity contribution in [2.24, 2.45) is 0 Å². The summed E-state index contributed by atoms with van der Waals surface area (Å²) in [5, 5.41) is 0. The minimum Gasteiger partial charge on any atom is -0.492 e. The Morgan fingerprint density at radius 2 is 2.14 bits per heavy atom. The monoisotopic (exact) mass is 262 g/mol. The van der Waals surface area contributed by atoms with Gasteiger partial charge in [-0.15, -0.1) is 0 Å². The van der Waals surface area contributed by atoms with Crippen molar-refractivity contribution < 1.29 is 18.3 Å². The highest BCUT2D eigenvalue weighted by Gasteiger charge is 2.26. The van der Waals surface area contributed by atoms with Crippen molar-refractivity contribution in [2.45, 2.75) is 6.42 Å². The number of hydrogen-bond donors (Lipinski definition) is 0. The van der Waals surface area contributed by atoms with Crippen molar-refractivity contribution in [3.8, 4) is 5.75 Å². The summed E-state index contributed by atoms with van der Waals surface area (Å²) >= 11 is 2.73. The van der Waals surface area contributed by atoms with Gasteiger partial charge in [-0.3, -0.25) is 4.79 Å². The summed E-state index contributed by atoms with van der Waals surface area (Å²) in [5.41, 5.74) is -0.162. The van der Waals surface area contributed by atoms with Crippen molar-refractivity contribution in [1.29, 1.82) is 0 Å². The van der Waals surface area contributed by atoms with E-state index in [1.807, 2.05) is 0 Å².